The summed E-state index contributed by atoms with van der Waals surface area (Å²) in [4.78, 5) is 17.5. The van der Waals surface area contributed by atoms with Crippen LogP contribution in [0.25, 0.3) is 0 Å². The van der Waals surface area contributed by atoms with E-state index in [1.54, 1.807) is 35.5 Å². The van der Waals surface area contributed by atoms with Crippen molar-refractivity contribution in [3.63, 3.8) is 0 Å². The standard InChI is InChI=1S/C28H37NO7/c1-9-10-11-21(30)36-29-19-14-18-12-16(2)27(3)15-17-13-20(31-4)24(33-6)25(34-7)22(17)28(18,27)26(35-8)23(19)32-5/h13-14,16H,9-12,15H2,1-8H3/b29-19+/t16-,27+,28?/m0/s1. The van der Waals surface area contributed by atoms with Gasteiger partial charge in [-0.2, -0.15) is 0 Å². The lowest BCUT2D eigenvalue weighted by molar-refractivity contribution is -0.143. The van der Waals surface area contributed by atoms with E-state index in [9.17, 15) is 4.79 Å². The predicted octanol–water partition coefficient (Wildman–Crippen LogP) is 5.09. The van der Waals surface area contributed by atoms with Gasteiger partial charge in [-0.1, -0.05) is 32.3 Å². The molecular formula is C28H37NO7. The number of nitrogens with zero attached hydrogens (tertiary/aromatic N) is 1. The molecule has 0 aliphatic heterocycles. The molecule has 36 heavy (non-hydrogen) atoms. The van der Waals surface area contributed by atoms with Crippen molar-refractivity contribution in [1.29, 1.82) is 0 Å². The average molecular weight is 500 g/mol. The molecule has 1 unspecified atom stereocenters. The third-order valence-corrected chi connectivity index (χ3v) is 8.28. The van der Waals surface area contributed by atoms with Crippen LogP contribution in [0.15, 0.2) is 34.4 Å². The summed E-state index contributed by atoms with van der Waals surface area (Å²) < 4.78 is 29.5. The van der Waals surface area contributed by atoms with Gasteiger partial charge >= 0.3 is 5.97 Å². The number of rotatable bonds is 9. The van der Waals surface area contributed by atoms with Crippen LogP contribution < -0.4 is 14.2 Å². The molecule has 0 radical (unpaired) electrons. The van der Waals surface area contributed by atoms with E-state index in [-0.39, 0.29) is 11.4 Å². The average Bonchev–Trinajstić information content (AvgIpc) is 3.26. The van der Waals surface area contributed by atoms with Crippen molar-refractivity contribution in [3.05, 3.63) is 40.4 Å². The summed E-state index contributed by atoms with van der Waals surface area (Å²) in [6.07, 6.45) is 5.57. The Bertz CT molecular complexity index is 1150. The molecule has 0 amide bonds. The number of unbranched alkanes of at least 4 members (excludes halogenated alkanes) is 1. The minimum absolute atomic E-state index is 0.246. The monoisotopic (exact) mass is 499 g/mol. The van der Waals surface area contributed by atoms with Crippen molar-refractivity contribution in [2.45, 2.75) is 58.3 Å². The Morgan fingerprint density at radius 1 is 1.06 bits per heavy atom. The van der Waals surface area contributed by atoms with E-state index in [0.29, 0.717) is 46.8 Å². The van der Waals surface area contributed by atoms with Gasteiger partial charge in [-0.05, 0) is 53.9 Å². The lowest BCUT2D eigenvalue weighted by Gasteiger charge is -2.44. The number of carbonyl (C=O) groups excluding carboxylic acids is 1. The lowest BCUT2D eigenvalue weighted by Crippen LogP contribution is -2.45. The highest BCUT2D eigenvalue weighted by atomic mass is 16.7. The van der Waals surface area contributed by atoms with E-state index < -0.39 is 5.41 Å². The number of hydrogen-bond donors (Lipinski definition) is 0. The molecule has 1 fully saturated rings. The Kier molecular flexibility index (Phi) is 6.99. The summed E-state index contributed by atoms with van der Waals surface area (Å²) in [7, 11) is 8.10. The van der Waals surface area contributed by atoms with Crippen molar-refractivity contribution >= 4 is 11.7 Å². The molecule has 3 atom stereocenters. The predicted molar refractivity (Wildman–Crippen MR) is 136 cm³/mol. The van der Waals surface area contributed by atoms with Gasteiger partial charge in [0.05, 0.1) is 41.0 Å². The van der Waals surface area contributed by atoms with Crippen molar-refractivity contribution in [2.75, 3.05) is 35.5 Å². The molecule has 1 aromatic carbocycles. The van der Waals surface area contributed by atoms with Gasteiger partial charge in [0.1, 0.15) is 5.71 Å². The first-order valence-corrected chi connectivity index (χ1v) is 12.4. The summed E-state index contributed by atoms with van der Waals surface area (Å²) in [6.45, 7) is 6.57. The van der Waals surface area contributed by atoms with Gasteiger partial charge in [0.2, 0.25) is 5.75 Å². The summed E-state index contributed by atoms with van der Waals surface area (Å²) in [5.74, 6) is 2.77. The molecule has 1 aromatic rings. The van der Waals surface area contributed by atoms with Crippen molar-refractivity contribution < 1.29 is 33.3 Å². The SMILES string of the molecule is CCCCC(=O)O/N=C1\C=C2C[C@H](C)[C@@]3(C)Cc4cc(OC)c(OC)c(OC)c4C23C(OC)=C1OC. The highest BCUT2D eigenvalue weighted by Gasteiger charge is 2.69. The van der Waals surface area contributed by atoms with Crippen LogP contribution in [0.3, 0.4) is 0 Å². The summed E-state index contributed by atoms with van der Waals surface area (Å²) >= 11 is 0. The minimum atomic E-state index is -0.669. The molecule has 1 saturated carbocycles. The van der Waals surface area contributed by atoms with Gasteiger partial charge in [0.15, 0.2) is 23.0 Å². The Balaban J connectivity index is 1.99. The number of ether oxygens (including phenoxy) is 5. The van der Waals surface area contributed by atoms with Crippen LogP contribution in [-0.2, 0) is 30.9 Å². The number of fused-ring (bicyclic) bond motifs is 1. The van der Waals surface area contributed by atoms with Crippen LogP contribution in [-0.4, -0.2) is 47.2 Å². The molecule has 0 saturated heterocycles. The summed E-state index contributed by atoms with van der Waals surface area (Å²) in [5, 5.41) is 4.22. The van der Waals surface area contributed by atoms with Crippen LogP contribution in [0, 0.1) is 11.3 Å². The topological polar surface area (TPSA) is 84.8 Å². The maximum absolute atomic E-state index is 12.2. The van der Waals surface area contributed by atoms with Crippen LogP contribution in [0.5, 0.6) is 17.2 Å². The number of benzene rings is 1. The van der Waals surface area contributed by atoms with Crippen LogP contribution in [0.1, 0.15) is 57.6 Å². The second-order valence-corrected chi connectivity index (χ2v) is 9.91. The molecule has 0 heterocycles. The Labute approximate surface area is 213 Å². The molecule has 196 valence electrons. The lowest BCUT2D eigenvalue weighted by atomic mass is 9.60. The van der Waals surface area contributed by atoms with Crippen molar-refractivity contribution in [1.82, 2.24) is 0 Å². The number of methoxy groups -OCH3 is 5. The molecule has 4 rings (SSSR count). The van der Waals surface area contributed by atoms with Crippen molar-refractivity contribution in [3.8, 4) is 17.2 Å². The van der Waals surface area contributed by atoms with E-state index in [0.717, 1.165) is 42.4 Å². The van der Waals surface area contributed by atoms with E-state index in [1.165, 1.54) is 0 Å². The van der Waals surface area contributed by atoms with E-state index >= 15 is 0 Å². The Morgan fingerprint density at radius 2 is 1.78 bits per heavy atom. The molecular weight excluding hydrogens is 462 g/mol. The number of hydrogen-bond acceptors (Lipinski definition) is 8. The smallest absolute Gasteiger partial charge is 0.335 e. The fraction of sp³-hybridized carbons (Fsp3) is 0.571. The van der Waals surface area contributed by atoms with Gasteiger partial charge in [0.25, 0.3) is 0 Å². The van der Waals surface area contributed by atoms with Crippen molar-refractivity contribution in [2.24, 2.45) is 16.5 Å². The number of oxime groups is 1. The third kappa shape index (κ3) is 3.40. The quantitative estimate of drug-likeness (QED) is 0.346. The molecule has 0 N–H and O–H groups in total. The molecule has 3 aliphatic carbocycles. The van der Waals surface area contributed by atoms with Crippen LogP contribution in [0.2, 0.25) is 0 Å². The van der Waals surface area contributed by atoms with Gasteiger partial charge < -0.3 is 28.5 Å². The first kappa shape index (κ1) is 25.9. The third-order valence-electron chi connectivity index (χ3n) is 8.28. The van der Waals surface area contributed by atoms with E-state index in [2.05, 4.69) is 19.0 Å². The highest BCUT2D eigenvalue weighted by Crippen LogP contribution is 2.73. The van der Waals surface area contributed by atoms with Crippen LogP contribution in [0.4, 0.5) is 0 Å². The van der Waals surface area contributed by atoms with E-state index in [1.807, 2.05) is 19.1 Å². The maximum atomic E-state index is 12.2. The molecule has 8 nitrogen and oxygen atoms in total. The van der Waals surface area contributed by atoms with Gasteiger partial charge in [0, 0.05) is 12.0 Å². The molecule has 3 aliphatic rings. The van der Waals surface area contributed by atoms with Gasteiger partial charge in [-0.15, -0.1) is 0 Å². The molecule has 0 bridgehead atoms. The van der Waals surface area contributed by atoms with Gasteiger partial charge in [-0.25, -0.2) is 4.79 Å². The maximum Gasteiger partial charge on any atom is 0.335 e. The Hall–Kier alpha value is -3.16. The zero-order valence-electron chi connectivity index (χ0n) is 22.6. The van der Waals surface area contributed by atoms with Crippen LogP contribution >= 0.6 is 0 Å². The normalized spacial score (nSPS) is 27.2. The first-order valence-electron chi connectivity index (χ1n) is 12.4. The Morgan fingerprint density at radius 3 is 2.36 bits per heavy atom. The second kappa shape index (κ2) is 9.71. The zero-order chi connectivity index (χ0) is 26.3. The summed E-state index contributed by atoms with van der Waals surface area (Å²) in [6, 6.07) is 2.04. The fourth-order valence-corrected chi connectivity index (χ4v) is 6.53. The minimum Gasteiger partial charge on any atom is -0.496 e. The molecule has 1 spiro atoms. The second-order valence-electron chi connectivity index (χ2n) is 9.91. The van der Waals surface area contributed by atoms with E-state index in [4.69, 9.17) is 28.5 Å². The first-order chi connectivity index (χ1) is 17.3. The fourth-order valence-electron chi connectivity index (χ4n) is 6.53. The zero-order valence-corrected chi connectivity index (χ0v) is 22.6. The number of carbonyl (C=O) groups is 1. The van der Waals surface area contributed by atoms with Gasteiger partial charge in [-0.3, -0.25) is 0 Å². The molecule has 8 heteroatoms. The summed E-state index contributed by atoms with van der Waals surface area (Å²) in [5.41, 5.74) is 2.74. The number of allylic oxidation sites excluding steroid dienone is 2. The highest BCUT2D eigenvalue weighted by molar-refractivity contribution is 6.10. The largest absolute Gasteiger partial charge is 0.496 e. The molecule has 0 aromatic heterocycles.